The Labute approximate surface area is 289 Å². The first-order valence-corrected chi connectivity index (χ1v) is 18.3. The Morgan fingerprint density at radius 3 is 2.47 bits per heavy atom. The number of hydrogen-bond acceptors (Lipinski definition) is 10. The molecule has 1 amide bonds. The number of benzene rings is 1. The van der Waals surface area contributed by atoms with Crippen LogP contribution in [0.15, 0.2) is 30.7 Å². The van der Waals surface area contributed by atoms with Gasteiger partial charge >= 0.3 is 0 Å². The highest BCUT2D eigenvalue weighted by atomic mass is 16.5. The van der Waals surface area contributed by atoms with E-state index in [1.807, 2.05) is 16.7 Å². The molecule has 0 spiro atoms. The van der Waals surface area contributed by atoms with Crippen molar-refractivity contribution in [2.24, 2.45) is 0 Å². The van der Waals surface area contributed by atoms with Crippen molar-refractivity contribution < 1.29 is 9.53 Å². The average Bonchev–Trinajstić information content (AvgIpc) is 3.82. The summed E-state index contributed by atoms with van der Waals surface area (Å²) in [5.74, 6) is 1.76. The Hall–Kier alpha value is -4.21. The molecule has 260 valence electrons. The number of carbonyl (C=O) groups excluding carboxylic acids is 1. The van der Waals surface area contributed by atoms with Crippen molar-refractivity contribution in [2.45, 2.75) is 109 Å². The van der Waals surface area contributed by atoms with Gasteiger partial charge in [0.25, 0.3) is 5.91 Å². The molecule has 3 aromatic rings. The van der Waals surface area contributed by atoms with Crippen molar-refractivity contribution in [3.05, 3.63) is 47.7 Å². The number of piperazine rings is 1. The van der Waals surface area contributed by atoms with Gasteiger partial charge in [0.15, 0.2) is 11.5 Å². The molecule has 12 heteroatoms. The van der Waals surface area contributed by atoms with Gasteiger partial charge in [0.2, 0.25) is 5.95 Å². The summed E-state index contributed by atoms with van der Waals surface area (Å²) in [6, 6.07) is 9.53. The highest BCUT2D eigenvalue weighted by Crippen LogP contribution is 2.44. The first-order chi connectivity index (χ1) is 23.9. The smallest absolute Gasteiger partial charge is 0.251 e. The first-order valence-electron chi connectivity index (χ1n) is 18.3. The minimum Gasteiger partial charge on any atom is -0.495 e. The van der Waals surface area contributed by atoms with Crippen LogP contribution in [0.5, 0.6) is 5.75 Å². The number of anilines is 3. The Bertz CT molecular complexity index is 1680. The van der Waals surface area contributed by atoms with Gasteiger partial charge in [-0.2, -0.15) is 10.2 Å². The number of aromatic nitrogens is 4. The molecule has 2 N–H and O–H groups in total. The highest BCUT2D eigenvalue weighted by Gasteiger charge is 2.39. The van der Waals surface area contributed by atoms with Crippen molar-refractivity contribution in [2.75, 3.05) is 43.5 Å². The summed E-state index contributed by atoms with van der Waals surface area (Å²) in [4.78, 5) is 35.2. The number of fused-ring (bicyclic) bond motifs is 3. The molecule has 1 atom stereocenters. The van der Waals surface area contributed by atoms with Gasteiger partial charge in [-0.25, -0.2) is 9.97 Å². The second-order valence-electron chi connectivity index (χ2n) is 14.3. The van der Waals surface area contributed by atoms with Gasteiger partial charge in [0.05, 0.1) is 30.7 Å². The summed E-state index contributed by atoms with van der Waals surface area (Å²) < 4.78 is 7.73. The number of ether oxygens (including phenoxy) is 1. The minimum absolute atomic E-state index is 0.00155. The summed E-state index contributed by atoms with van der Waals surface area (Å²) in [7, 11) is 1.61. The number of imidazole rings is 1. The SMILES string of the molecule is CCC1c2c(C#N)ncn2-c2cnc(Nc3ccc(C(=O)NC4CCC(N5CCN(C(C)C)CC5)CC4)cc3OC)nc2N1C1CCCC1. The quantitative estimate of drug-likeness (QED) is 0.299. The fourth-order valence-electron chi connectivity index (χ4n) is 8.55. The van der Waals surface area contributed by atoms with Crippen LogP contribution in [0.3, 0.4) is 0 Å². The lowest BCUT2D eigenvalue weighted by atomic mass is 9.89. The van der Waals surface area contributed by atoms with Gasteiger partial charge in [0, 0.05) is 55.9 Å². The maximum atomic E-state index is 13.4. The number of methoxy groups -OCH3 is 1. The van der Waals surface area contributed by atoms with Crippen LogP contribution in [0, 0.1) is 11.3 Å². The Kier molecular flexibility index (Phi) is 9.74. The molecule has 3 fully saturated rings. The molecule has 0 bridgehead atoms. The zero-order valence-corrected chi connectivity index (χ0v) is 29.4. The molecule has 2 aliphatic carbocycles. The third-order valence-electron chi connectivity index (χ3n) is 11.3. The van der Waals surface area contributed by atoms with Crippen molar-refractivity contribution in [1.29, 1.82) is 5.26 Å². The van der Waals surface area contributed by atoms with E-state index < -0.39 is 0 Å². The largest absolute Gasteiger partial charge is 0.495 e. The van der Waals surface area contributed by atoms with Crippen molar-refractivity contribution in [1.82, 2.24) is 34.6 Å². The average molecular weight is 667 g/mol. The normalized spacial score (nSPS) is 23.2. The van der Waals surface area contributed by atoms with Crippen LogP contribution in [0.4, 0.5) is 17.5 Å². The summed E-state index contributed by atoms with van der Waals surface area (Å²) in [6.07, 6.45) is 13.1. The summed E-state index contributed by atoms with van der Waals surface area (Å²) in [5, 5.41) is 16.5. The maximum absolute atomic E-state index is 13.4. The van der Waals surface area contributed by atoms with E-state index in [-0.39, 0.29) is 18.0 Å². The lowest BCUT2D eigenvalue weighted by Gasteiger charge is -2.43. The number of amides is 1. The molecule has 0 radical (unpaired) electrons. The predicted octanol–water partition coefficient (Wildman–Crippen LogP) is 5.57. The summed E-state index contributed by atoms with van der Waals surface area (Å²) in [5.41, 5.74) is 3.45. The third-order valence-corrected chi connectivity index (χ3v) is 11.3. The second-order valence-corrected chi connectivity index (χ2v) is 14.3. The monoisotopic (exact) mass is 666 g/mol. The lowest BCUT2D eigenvalue weighted by molar-refractivity contribution is 0.0592. The van der Waals surface area contributed by atoms with Gasteiger partial charge in [-0.1, -0.05) is 19.8 Å². The van der Waals surface area contributed by atoms with Crippen LogP contribution in [0.2, 0.25) is 0 Å². The Morgan fingerprint density at radius 2 is 1.80 bits per heavy atom. The van der Waals surface area contributed by atoms with Gasteiger partial charge in [-0.3, -0.25) is 19.2 Å². The van der Waals surface area contributed by atoms with Gasteiger partial charge in [-0.15, -0.1) is 0 Å². The van der Waals surface area contributed by atoms with E-state index in [9.17, 15) is 10.1 Å². The van der Waals surface area contributed by atoms with E-state index >= 15 is 0 Å². The molecule has 4 heterocycles. The molecular formula is C37H50N10O2. The minimum atomic E-state index is -0.0745. The number of nitriles is 1. The summed E-state index contributed by atoms with van der Waals surface area (Å²) >= 11 is 0. The van der Waals surface area contributed by atoms with E-state index in [0.29, 0.717) is 46.8 Å². The van der Waals surface area contributed by atoms with Crippen LogP contribution >= 0.6 is 0 Å². The van der Waals surface area contributed by atoms with Crippen LogP contribution < -0.4 is 20.3 Å². The number of hydrogen-bond donors (Lipinski definition) is 2. The van der Waals surface area contributed by atoms with E-state index in [4.69, 9.17) is 9.72 Å². The first kappa shape index (κ1) is 33.3. The van der Waals surface area contributed by atoms with Gasteiger partial charge < -0.3 is 20.3 Å². The third kappa shape index (κ3) is 6.58. The fraction of sp³-hybridized carbons (Fsp3) is 0.595. The molecule has 2 saturated carbocycles. The van der Waals surface area contributed by atoms with Crippen LogP contribution in [-0.2, 0) is 0 Å². The predicted molar refractivity (Wildman–Crippen MR) is 190 cm³/mol. The molecule has 12 nitrogen and oxygen atoms in total. The Balaban J connectivity index is 1.03. The number of nitrogens with zero attached hydrogens (tertiary/aromatic N) is 8. The molecule has 1 saturated heterocycles. The maximum Gasteiger partial charge on any atom is 0.251 e. The number of rotatable bonds is 9. The zero-order valence-electron chi connectivity index (χ0n) is 29.4. The van der Waals surface area contributed by atoms with E-state index in [1.165, 1.54) is 12.8 Å². The van der Waals surface area contributed by atoms with Gasteiger partial charge in [0.1, 0.15) is 23.8 Å². The standard InChI is InChI=1S/C37H50N10O2/c1-5-31-34-30(21-38)40-23-46(34)32-22-39-37(43-35(32)47(31)28-8-6-7-9-28)42-29-15-10-25(20-33(29)49-4)36(48)41-26-11-13-27(14-12-26)45-18-16-44(17-19-45)24(2)3/h10,15,20,22-24,26-28,31H,5-9,11-14,16-19H2,1-4H3,(H,41,48)(H,39,42,43). The number of nitrogens with one attached hydrogen (secondary N) is 2. The Morgan fingerprint density at radius 1 is 1.04 bits per heavy atom. The topological polar surface area (TPSA) is 127 Å². The van der Waals surface area contributed by atoms with Crippen molar-refractivity contribution >= 4 is 23.4 Å². The van der Waals surface area contributed by atoms with Crippen LogP contribution in [-0.4, -0.2) is 92.7 Å². The molecule has 49 heavy (non-hydrogen) atoms. The zero-order chi connectivity index (χ0) is 34.1. The molecule has 2 aliphatic heterocycles. The van der Waals surface area contributed by atoms with E-state index in [0.717, 1.165) is 88.3 Å². The van der Waals surface area contributed by atoms with Crippen molar-refractivity contribution in [3.63, 3.8) is 0 Å². The van der Waals surface area contributed by atoms with Crippen LogP contribution in [0.1, 0.15) is 106 Å². The molecule has 1 unspecified atom stereocenters. The number of carbonyl (C=O) groups is 1. The second kappa shape index (κ2) is 14.3. The molecule has 4 aliphatic rings. The van der Waals surface area contributed by atoms with Crippen LogP contribution in [0.25, 0.3) is 5.69 Å². The molecular weight excluding hydrogens is 616 g/mol. The van der Waals surface area contributed by atoms with E-state index in [2.05, 4.69) is 62.1 Å². The molecule has 7 rings (SSSR count). The van der Waals surface area contributed by atoms with E-state index in [1.54, 1.807) is 25.7 Å². The van der Waals surface area contributed by atoms with Crippen molar-refractivity contribution in [3.8, 4) is 17.5 Å². The lowest BCUT2D eigenvalue weighted by Crippen LogP contribution is -2.53. The molecule has 1 aromatic carbocycles. The molecule has 2 aromatic heterocycles. The summed E-state index contributed by atoms with van der Waals surface area (Å²) in [6.45, 7) is 11.3. The van der Waals surface area contributed by atoms with Gasteiger partial charge in [-0.05, 0) is 77.0 Å². The fourth-order valence-corrected chi connectivity index (χ4v) is 8.55. The highest BCUT2D eigenvalue weighted by molar-refractivity contribution is 5.95.